The summed E-state index contributed by atoms with van der Waals surface area (Å²) in [7, 11) is 0. The van der Waals surface area contributed by atoms with Crippen molar-refractivity contribution in [1.82, 2.24) is 14.5 Å². The normalized spacial score (nSPS) is 20.3. The van der Waals surface area contributed by atoms with Gasteiger partial charge in [-0.3, -0.25) is 4.79 Å². The van der Waals surface area contributed by atoms with E-state index in [-0.39, 0.29) is 18.3 Å². The van der Waals surface area contributed by atoms with Crippen LogP contribution in [0.3, 0.4) is 0 Å². The second kappa shape index (κ2) is 9.60. The third-order valence-electron chi connectivity index (χ3n) is 6.16. The Bertz CT molecular complexity index is 846. The zero-order valence-corrected chi connectivity index (χ0v) is 17.6. The second-order valence-electron chi connectivity index (χ2n) is 8.35. The molecule has 1 atom stereocenters. The van der Waals surface area contributed by atoms with Gasteiger partial charge in [-0.25, -0.2) is 9.37 Å². The number of hydrogen-bond acceptors (Lipinski definition) is 4. The molecule has 7 heteroatoms. The van der Waals surface area contributed by atoms with Gasteiger partial charge in [0.2, 0.25) is 0 Å². The number of benzene rings is 1. The molecule has 0 bridgehead atoms. The van der Waals surface area contributed by atoms with Crippen molar-refractivity contribution in [3.05, 3.63) is 47.8 Å². The summed E-state index contributed by atoms with van der Waals surface area (Å²) in [6.07, 6.45) is 6.10. The van der Waals surface area contributed by atoms with Gasteiger partial charge in [0.1, 0.15) is 17.4 Å². The van der Waals surface area contributed by atoms with E-state index >= 15 is 0 Å². The molecule has 0 saturated carbocycles. The molecular formula is C23H30FN3O3. The van der Waals surface area contributed by atoms with Crippen LogP contribution in [0.5, 0.6) is 5.75 Å². The van der Waals surface area contributed by atoms with Gasteiger partial charge in [0, 0.05) is 50.7 Å². The summed E-state index contributed by atoms with van der Waals surface area (Å²) in [6.45, 7) is 6.08. The topological polar surface area (TPSA) is 56.6 Å². The number of hydrogen-bond donors (Lipinski definition) is 0. The summed E-state index contributed by atoms with van der Waals surface area (Å²) in [4.78, 5) is 19.3. The van der Waals surface area contributed by atoms with Gasteiger partial charge in [-0.15, -0.1) is 0 Å². The molecule has 1 aromatic heterocycles. The van der Waals surface area contributed by atoms with Crippen LogP contribution < -0.4 is 4.74 Å². The highest BCUT2D eigenvalue weighted by Gasteiger charge is 2.27. The molecule has 3 heterocycles. The minimum atomic E-state index is -0.317. The summed E-state index contributed by atoms with van der Waals surface area (Å²) in [5.41, 5.74) is 1.18. The smallest absolute Gasteiger partial charge is 0.260 e. The van der Waals surface area contributed by atoms with Crippen LogP contribution >= 0.6 is 0 Å². The molecular weight excluding hydrogens is 385 g/mol. The Kier molecular flexibility index (Phi) is 6.67. The summed E-state index contributed by atoms with van der Waals surface area (Å²) in [5, 5.41) is 0. The van der Waals surface area contributed by atoms with Gasteiger partial charge < -0.3 is 18.9 Å². The highest BCUT2D eigenvalue weighted by atomic mass is 19.1. The molecule has 2 saturated heterocycles. The molecule has 1 amide bonds. The molecule has 162 valence electrons. The average Bonchev–Trinajstić information content (AvgIpc) is 3.14. The van der Waals surface area contributed by atoms with Crippen molar-refractivity contribution in [2.45, 2.75) is 45.1 Å². The molecule has 1 aromatic carbocycles. The second-order valence-corrected chi connectivity index (χ2v) is 8.35. The van der Waals surface area contributed by atoms with Crippen LogP contribution in [-0.2, 0) is 16.1 Å². The van der Waals surface area contributed by atoms with E-state index in [0.717, 1.165) is 58.5 Å². The van der Waals surface area contributed by atoms with Crippen molar-refractivity contribution in [1.29, 1.82) is 0 Å². The third kappa shape index (κ3) is 5.01. The fourth-order valence-corrected chi connectivity index (χ4v) is 4.46. The molecule has 0 N–H and O–H groups in total. The quantitative estimate of drug-likeness (QED) is 0.724. The summed E-state index contributed by atoms with van der Waals surface area (Å²) < 4.78 is 26.4. The number of carbonyl (C=O) groups excluding carboxylic acids is 1. The van der Waals surface area contributed by atoms with E-state index in [2.05, 4.69) is 11.5 Å². The van der Waals surface area contributed by atoms with Gasteiger partial charge in [0.15, 0.2) is 6.61 Å². The molecule has 0 spiro atoms. The van der Waals surface area contributed by atoms with Gasteiger partial charge in [0.05, 0.1) is 0 Å². The fourth-order valence-electron chi connectivity index (χ4n) is 4.46. The van der Waals surface area contributed by atoms with E-state index in [4.69, 9.17) is 14.5 Å². The van der Waals surface area contributed by atoms with Crippen LogP contribution in [0.1, 0.15) is 43.1 Å². The Morgan fingerprint density at radius 1 is 1.23 bits per heavy atom. The van der Waals surface area contributed by atoms with Crippen molar-refractivity contribution < 1.29 is 18.7 Å². The highest BCUT2D eigenvalue weighted by molar-refractivity contribution is 5.77. The van der Waals surface area contributed by atoms with Crippen molar-refractivity contribution in [3.8, 4) is 5.75 Å². The number of piperidine rings is 1. The maximum atomic E-state index is 13.0. The lowest BCUT2D eigenvalue weighted by Crippen LogP contribution is -2.43. The standard InChI is InChI=1S/C23H30FN3O3/c1-17-13-25-23(19-8-11-29-12-9-19)27(17)15-18-3-2-10-26(14-18)22(28)16-30-21-6-4-20(24)5-7-21/h4-7,13,18-19H,2-3,8-12,14-16H2,1H3. The van der Waals surface area contributed by atoms with Crippen LogP contribution in [0.25, 0.3) is 0 Å². The third-order valence-corrected chi connectivity index (χ3v) is 6.16. The number of imidazole rings is 1. The zero-order chi connectivity index (χ0) is 20.9. The molecule has 2 aliphatic rings. The van der Waals surface area contributed by atoms with E-state index in [1.807, 2.05) is 11.1 Å². The van der Waals surface area contributed by atoms with Gasteiger partial charge in [-0.05, 0) is 62.8 Å². The lowest BCUT2D eigenvalue weighted by atomic mass is 9.96. The predicted octanol–water partition coefficient (Wildman–Crippen LogP) is 3.54. The first kappa shape index (κ1) is 20.8. The predicted molar refractivity (Wildman–Crippen MR) is 111 cm³/mol. The first-order valence-corrected chi connectivity index (χ1v) is 10.9. The highest BCUT2D eigenvalue weighted by Crippen LogP contribution is 2.28. The lowest BCUT2D eigenvalue weighted by Gasteiger charge is -2.34. The Balaban J connectivity index is 1.34. The number of ether oxygens (including phenoxy) is 2. The molecule has 30 heavy (non-hydrogen) atoms. The van der Waals surface area contributed by atoms with E-state index in [9.17, 15) is 9.18 Å². The maximum absolute atomic E-state index is 13.0. The van der Waals surface area contributed by atoms with E-state index < -0.39 is 0 Å². The number of nitrogens with zero attached hydrogens (tertiary/aromatic N) is 3. The van der Waals surface area contributed by atoms with E-state index in [1.54, 1.807) is 12.1 Å². The van der Waals surface area contributed by atoms with Crippen LogP contribution in [0.15, 0.2) is 30.5 Å². The van der Waals surface area contributed by atoms with Crippen LogP contribution in [0.2, 0.25) is 0 Å². The van der Waals surface area contributed by atoms with Gasteiger partial charge >= 0.3 is 0 Å². The summed E-state index contributed by atoms with van der Waals surface area (Å²) in [5.74, 6) is 2.20. The van der Waals surface area contributed by atoms with Crippen LogP contribution in [0, 0.1) is 18.7 Å². The van der Waals surface area contributed by atoms with E-state index in [0.29, 0.717) is 17.6 Å². The van der Waals surface area contributed by atoms with Crippen molar-refractivity contribution in [2.75, 3.05) is 32.9 Å². The van der Waals surface area contributed by atoms with Gasteiger partial charge in [-0.1, -0.05) is 0 Å². The Morgan fingerprint density at radius 3 is 2.77 bits per heavy atom. The molecule has 0 radical (unpaired) electrons. The molecule has 0 aliphatic carbocycles. The first-order chi connectivity index (χ1) is 14.6. The van der Waals surface area contributed by atoms with Gasteiger partial charge in [-0.2, -0.15) is 0 Å². The minimum Gasteiger partial charge on any atom is -0.484 e. The number of halogens is 1. The molecule has 4 rings (SSSR count). The van der Waals surface area contributed by atoms with Crippen molar-refractivity contribution in [2.24, 2.45) is 5.92 Å². The molecule has 2 aromatic rings. The molecule has 2 aliphatic heterocycles. The summed E-state index contributed by atoms with van der Waals surface area (Å²) in [6, 6.07) is 5.75. The summed E-state index contributed by atoms with van der Waals surface area (Å²) >= 11 is 0. The minimum absolute atomic E-state index is 0.0176. The number of likely N-dealkylation sites (tertiary alicyclic amines) is 1. The SMILES string of the molecule is Cc1cnc(C2CCOCC2)n1CC1CCCN(C(=O)COc2ccc(F)cc2)C1. The van der Waals surface area contributed by atoms with E-state index in [1.165, 1.54) is 23.7 Å². The molecule has 2 fully saturated rings. The number of amides is 1. The number of aromatic nitrogens is 2. The molecule has 6 nitrogen and oxygen atoms in total. The number of carbonyl (C=O) groups is 1. The van der Waals surface area contributed by atoms with Gasteiger partial charge in [0.25, 0.3) is 5.91 Å². The van der Waals surface area contributed by atoms with Crippen LogP contribution in [0.4, 0.5) is 4.39 Å². The number of rotatable bonds is 6. The van der Waals surface area contributed by atoms with Crippen molar-refractivity contribution >= 4 is 5.91 Å². The van der Waals surface area contributed by atoms with Crippen LogP contribution in [-0.4, -0.2) is 53.3 Å². The fraction of sp³-hybridized carbons (Fsp3) is 0.565. The Morgan fingerprint density at radius 2 is 2.00 bits per heavy atom. The zero-order valence-electron chi connectivity index (χ0n) is 17.6. The molecule has 1 unspecified atom stereocenters. The Hall–Kier alpha value is -2.41. The monoisotopic (exact) mass is 415 g/mol. The Labute approximate surface area is 177 Å². The first-order valence-electron chi connectivity index (χ1n) is 10.9. The average molecular weight is 416 g/mol. The maximum Gasteiger partial charge on any atom is 0.260 e. The largest absolute Gasteiger partial charge is 0.484 e. The number of aryl methyl sites for hydroxylation is 1. The van der Waals surface area contributed by atoms with Crippen molar-refractivity contribution in [3.63, 3.8) is 0 Å². The lowest BCUT2D eigenvalue weighted by molar-refractivity contribution is -0.135.